The van der Waals surface area contributed by atoms with Crippen molar-refractivity contribution in [1.82, 2.24) is 4.90 Å². The van der Waals surface area contributed by atoms with Gasteiger partial charge in [0.05, 0.1) is 0 Å². The highest BCUT2D eigenvalue weighted by atomic mass is 15.2. The van der Waals surface area contributed by atoms with Gasteiger partial charge in [0.15, 0.2) is 0 Å². The van der Waals surface area contributed by atoms with E-state index in [-0.39, 0.29) is 5.41 Å². The highest BCUT2D eigenvalue weighted by molar-refractivity contribution is 4.96. The molecule has 100 valence electrons. The average Bonchev–Trinajstić information content (AvgIpc) is 2.90. The van der Waals surface area contributed by atoms with Crippen molar-refractivity contribution in [2.75, 3.05) is 19.6 Å². The third kappa shape index (κ3) is 3.03. The Morgan fingerprint density at radius 2 is 2.00 bits per heavy atom. The van der Waals surface area contributed by atoms with Crippen molar-refractivity contribution in [3.63, 3.8) is 0 Å². The van der Waals surface area contributed by atoms with E-state index in [0.29, 0.717) is 0 Å². The molecule has 2 nitrogen and oxygen atoms in total. The molecule has 3 unspecified atom stereocenters. The zero-order valence-electron chi connectivity index (χ0n) is 11.9. The highest BCUT2D eigenvalue weighted by Gasteiger charge is 2.42. The number of rotatable bonds is 6. The molecule has 2 N–H and O–H groups in total. The number of nitrogens with zero attached hydrogens (tertiary/aromatic N) is 1. The molecular weight excluding hydrogens is 208 g/mol. The molecule has 0 aromatic heterocycles. The molecule has 0 spiro atoms. The fourth-order valence-electron chi connectivity index (χ4n) is 3.92. The average molecular weight is 238 g/mol. The smallest absolute Gasteiger partial charge is 0.0126 e. The third-order valence-corrected chi connectivity index (χ3v) is 4.86. The van der Waals surface area contributed by atoms with Crippen molar-refractivity contribution >= 4 is 0 Å². The van der Waals surface area contributed by atoms with Gasteiger partial charge in [0.25, 0.3) is 0 Å². The summed E-state index contributed by atoms with van der Waals surface area (Å²) in [5.41, 5.74) is 6.17. The van der Waals surface area contributed by atoms with E-state index in [4.69, 9.17) is 5.73 Å². The predicted molar refractivity (Wildman–Crippen MR) is 73.9 cm³/mol. The van der Waals surface area contributed by atoms with Gasteiger partial charge in [-0.25, -0.2) is 0 Å². The van der Waals surface area contributed by atoms with Gasteiger partial charge in [-0.1, -0.05) is 27.2 Å². The molecule has 0 aromatic rings. The number of hydrogen-bond donors (Lipinski definition) is 1. The Morgan fingerprint density at radius 1 is 1.24 bits per heavy atom. The second-order valence-corrected chi connectivity index (χ2v) is 7.08. The van der Waals surface area contributed by atoms with E-state index in [1.165, 1.54) is 45.2 Å². The molecule has 2 saturated carbocycles. The molecule has 3 atom stereocenters. The van der Waals surface area contributed by atoms with E-state index in [0.717, 1.165) is 24.4 Å². The number of fused-ring (bicyclic) bond motifs is 2. The van der Waals surface area contributed by atoms with Gasteiger partial charge in [0.2, 0.25) is 0 Å². The van der Waals surface area contributed by atoms with Gasteiger partial charge in [-0.3, -0.25) is 4.90 Å². The first-order valence-electron chi connectivity index (χ1n) is 7.50. The maximum absolute atomic E-state index is 5.90. The van der Waals surface area contributed by atoms with E-state index in [1.807, 2.05) is 0 Å². The van der Waals surface area contributed by atoms with Crippen molar-refractivity contribution in [2.45, 2.75) is 58.9 Å². The minimum atomic E-state index is 0.275. The highest BCUT2D eigenvalue weighted by Crippen LogP contribution is 2.47. The quantitative estimate of drug-likeness (QED) is 0.771. The van der Waals surface area contributed by atoms with Crippen molar-refractivity contribution in [2.24, 2.45) is 23.0 Å². The zero-order chi connectivity index (χ0) is 12.5. The summed E-state index contributed by atoms with van der Waals surface area (Å²) < 4.78 is 0. The van der Waals surface area contributed by atoms with Crippen LogP contribution in [0.2, 0.25) is 0 Å². The molecule has 2 heteroatoms. The monoisotopic (exact) mass is 238 g/mol. The Labute approximate surface area is 107 Å². The molecule has 17 heavy (non-hydrogen) atoms. The third-order valence-electron chi connectivity index (χ3n) is 4.86. The summed E-state index contributed by atoms with van der Waals surface area (Å²) >= 11 is 0. The van der Waals surface area contributed by atoms with Crippen molar-refractivity contribution in [3.8, 4) is 0 Å². The summed E-state index contributed by atoms with van der Waals surface area (Å²) in [6, 6.07) is 0.875. The SMILES string of the molecule is CCCN(CC(C)(C)CN)C1CC2CCC1C2. The molecule has 2 bridgehead atoms. The second-order valence-electron chi connectivity index (χ2n) is 7.08. The van der Waals surface area contributed by atoms with Gasteiger partial charge >= 0.3 is 0 Å². The Bertz CT molecular complexity index is 249. The first-order valence-corrected chi connectivity index (χ1v) is 7.50. The fourth-order valence-corrected chi connectivity index (χ4v) is 3.92. The summed E-state index contributed by atoms with van der Waals surface area (Å²) in [5.74, 6) is 2.05. The Kier molecular flexibility index (Phi) is 4.14. The molecule has 2 aliphatic carbocycles. The molecule has 0 heterocycles. The molecule has 2 rings (SSSR count). The predicted octanol–water partition coefficient (Wildman–Crippen LogP) is 2.87. The molecule has 0 aromatic carbocycles. The van der Waals surface area contributed by atoms with Crippen LogP contribution in [0.5, 0.6) is 0 Å². The molecule has 0 saturated heterocycles. The van der Waals surface area contributed by atoms with E-state index >= 15 is 0 Å². The minimum Gasteiger partial charge on any atom is -0.330 e. The topological polar surface area (TPSA) is 29.3 Å². The van der Waals surface area contributed by atoms with Crippen LogP contribution in [0.15, 0.2) is 0 Å². The Balaban J connectivity index is 1.97. The standard InChI is InChI=1S/C15H30N2/c1-4-7-17(11-15(2,3)10-16)14-9-12-5-6-13(14)8-12/h12-14H,4-11,16H2,1-3H3. The van der Waals surface area contributed by atoms with Crippen LogP contribution in [0, 0.1) is 17.3 Å². The zero-order valence-corrected chi connectivity index (χ0v) is 11.9. The minimum absolute atomic E-state index is 0.275. The van der Waals surface area contributed by atoms with E-state index in [2.05, 4.69) is 25.7 Å². The van der Waals surface area contributed by atoms with Crippen molar-refractivity contribution < 1.29 is 0 Å². The van der Waals surface area contributed by atoms with E-state index in [9.17, 15) is 0 Å². The number of nitrogens with two attached hydrogens (primary N) is 1. The molecule has 0 radical (unpaired) electrons. The lowest BCUT2D eigenvalue weighted by atomic mass is 9.89. The second kappa shape index (κ2) is 5.27. The van der Waals surface area contributed by atoms with Gasteiger partial charge in [-0.15, -0.1) is 0 Å². The van der Waals surface area contributed by atoms with Gasteiger partial charge in [-0.05, 0) is 56.0 Å². The van der Waals surface area contributed by atoms with Crippen molar-refractivity contribution in [3.05, 3.63) is 0 Å². The number of hydrogen-bond acceptors (Lipinski definition) is 2. The van der Waals surface area contributed by atoms with Crippen LogP contribution in [0.1, 0.15) is 52.9 Å². The molecular formula is C15H30N2. The van der Waals surface area contributed by atoms with Crippen LogP contribution in [0.3, 0.4) is 0 Å². The largest absolute Gasteiger partial charge is 0.330 e. The van der Waals surface area contributed by atoms with Gasteiger partial charge < -0.3 is 5.73 Å². The lowest BCUT2D eigenvalue weighted by Gasteiger charge is -2.39. The van der Waals surface area contributed by atoms with Gasteiger partial charge in [0, 0.05) is 12.6 Å². The molecule has 2 aliphatic rings. The van der Waals surface area contributed by atoms with Crippen LogP contribution < -0.4 is 5.73 Å². The van der Waals surface area contributed by atoms with Crippen LogP contribution in [0.25, 0.3) is 0 Å². The van der Waals surface area contributed by atoms with Gasteiger partial charge in [0.1, 0.15) is 0 Å². The van der Waals surface area contributed by atoms with Crippen LogP contribution in [-0.2, 0) is 0 Å². The van der Waals surface area contributed by atoms with E-state index in [1.54, 1.807) is 0 Å². The maximum atomic E-state index is 5.90. The lowest BCUT2D eigenvalue weighted by Crippen LogP contribution is -2.46. The maximum Gasteiger partial charge on any atom is 0.0126 e. The summed E-state index contributed by atoms with van der Waals surface area (Å²) in [5, 5.41) is 0. The Morgan fingerprint density at radius 3 is 2.47 bits per heavy atom. The first-order chi connectivity index (χ1) is 8.05. The normalized spacial score (nSPS) is 32.6. The summed E-state index contributed by atoms with van der Waals surface area (Å²) in [4.78, 5) is 2.76. The van der Waals surface area contributed by atoms with Crippen LogP contribution >= 0.6 is 0 Å². The van der Waals surface area contributed by atoms with Crippen molar-refractivity contribution in [1.29, 1.82) is 0 Å². The first kappa shape index (κ1) is 13.4. The fraction of sp³-hybridized carbons (Fsp3) is 1.00. The molecule has 0 amide bonds. The summed E-state index contributed by atoms with van der Waals surface area (Å²) in [6.45, 7) is 10.2. The summed E-state index contributed by atoms with van der Waals surface area (Å²) in [6.07, 6.45) is 7.23. The van der Waals surface area contributed by atoms with E-state index < -0.39 is 0 Å². The van der Waals surface area contributed by atoms with Gasteiger partial charge in [-0.2, -0.15) is 0 Å². The lowest BCUT2D eigenvalue weighted by molar-refractivity contribution is 0.0967. The summed E-state index contributed by atoms with van der Waals surface area (Å²) in [7, 11) is 0. The molecule has 2 fully saturated rings. The van der Waals surface area contributed by atoms with Crippen LogP contribution in [0.4, 0.5) is 0 Å². The van der Waals surface area contributed by atoms with Crippen LogP contribution in [-0.4, -0.2) is 30.6 Å². The molecule has 0 aliphatic heterocycles. The Hall–Kier alpha value is -0.0800.